The third kappa shape index (κ3) is 4.31. The van der Waals surface area contributed by atoms with Crippen molar-refractivity contribution in [2.24, 2.45) is 4.99 Å². The van der Waals surface area contributed by atoms with E-state index in [1.54, 1.807) is 12.1 Å². The largest absolute Gasteiger partial charge is 0.459 e. The van der Waals surface area contributed by atoms with Crippen LogP contribution in [0.4, 0.5) is 0 Å². The molecule has 2 unspecified atom stereocenters. The Hall–Kier alpha value is -2.76. The molecule has 1 amide bonds. The van der Waals surface area contributed by atoms with Crippen LogP contribution >= 0.6 is 0 Å². The molecule has 0 bridgehead atoms. The lowest BCUT2D eigenvalue weighted by Gasteiger charge is -2.36. The van der Waals surface area contributed by atoms with Crippen molar-refractivity contribution in [3.05, 3.63) is 59.5 Å². The molecule has 1 aliphatic carbocycles. The molecule has 1 aromatic heterocycles. The van der Waals surface area contributed by atoms with Gasteiger partial charge in [0.05, 0.1) is 6.26 Å². The highest BCUT2D eigenvalue weighted by Gasteiger charge is 2.40. The highest BCUT2D eigenvalue weighted by atomic mass is 16.3. The van der Waals surface area contributed by atoms with Gasteiger partial charge in [-0.1, -0.05) is 38.1 Å². The lowest BCUT2D eigenvalue weighted by atomic mass is 10.0. The maximum atomic E-state index is 12.4. The third-order valence-corrected chi connectivity index (χ3v) is 5.95. The van der Waals surface area contributed by atoms with E-state index in [1.807, 2.05) is 11.9 Å². The van der Waals surface area contributed by atoms with E-state index in [-0.39, 0.29) is 5.91 Å². The molecule has 2 aliphatic rings. The number of piperazine rings is 1. The number of nitrogens with one attached hydrogen (secondary N) is 1. The molecule has 1 saturated carbocycles. The van der Waals surface area contributed by atoms with Gasteiger partial charge in [-0.05, 0) is 35.6 Å². The first kappa shape index (κ1) is 19.6. The van der Waals surface area contributed by atoms with Gasteiger partial charge in [0.2, 0.25) is 0 Å². The average molecular weight is 395 g/mol. The number of benzene rings is 1. The zero-order valence-corrected chi connectivity index (χ0v) is 17.5. The van der Waals surface area contributed by atoms with E-state index in [1.165, 1.54) is 17.4 Å². The molecule has 1 aromatic carbocycles. The lowest BCUT2D eigenvalue weighted by molar-refractivity contribution is 0.0657. The summed E-state index contributed by atoms with van der Waals surface area (Å²) in [6, 6.07) is 12.9. The maximum absolute atomic E-state index is 12.4. The molecule has 0 spiro atoms. The quantitative estimate of drug-likeness (QED) is 0.639. The van der Waals surface area contributed by atoms with Crippen LogP contribution in [0, 0.1) is 0 Å². The van der Waals surface area contributed by atoms with Crippen molar-refractivity contribution in [2.45, 2.75) is 38.1 Å². The molecule has 1 aliphatic heterocycles. The van der Waals surface area contributed by atoms with Gasteiger partial charge in [-0.15, -0.1) is 0 Å². The minimum Gasteiger partial charge on any atom is -0.459 e. The molecule has 2 fully saturated rings. The van der Waals surface area contributed by atoms with Crippen molar-refractivity contribution in [2.75, 3.05) is 33.2 Å². The molecule has 6 nitrogen and oxygen atoms in total. The number of nitrogens with zero attached hydrogens (tertiary/aromatic N) is 3. The normalized spacial score (nSPS) is 22.1. The van der Waals surface area contributed by atoms with E-state index in [0.29, 0.717) is 36.7 Å². The Morgan fingerprint density at radius 1 is 1.10 bits per heavy atom. The predicted octanol–water partition coefficient (Wildman–Crippen LogP) is 3.29. The molecule has 6 heteroatoms. The number of furan rings is 1. The van der Waals surface area contributed by atoms with E-state index in [2.05, 4.69) is 53.3 Å². The van der Waals surface area contributed by atoms with E-state index in [0.717, 1.165) is 25.5 Å². The summed E-state index contributed by atoms with van der Waals surface area (Å²) in [4.78, 5) is 21.0. The van der Waals surface area contributed by atoms with Gasteiger partial charge in [0.1, 0.15) is 0 Å². The number of guanidine groups is 1. The van der Waals surface area contributed by atoms with Crippen LogP contribution in [0.3, 0.4) is 0 Å². The van der Waals surface area contributed by atoms with Gasteiger partial charge in [0, 0.05) is 45.2 Å². The van der Waals surface area contributed by atoms with Gasteiger partial charge in [0.15, 0.2) is 11.7 Å². The van der Waals surface area contributed by atoms with Gasteiger partial charge < -0.3 is 19.5 Å². The first-order chi connectivity index (χ1) is 14.1. The van der Waals surface area contributed by atoms with Crippen molar-refractivity contribution >= 4 is 11.9 Å². The van der Waals surface area contributed by atoms with Gasteiger partial charge in [-0.25, -0.2) is 0 Å². The molecular formula is C23H30N4O2. The minimum atomic E-state index is -0.0373. The molecule has 1 saturated heterocycles. The van der Waals surface area contributed by atoms with Crippen LogP contribution in [0.2, 0.25) is 0 Å². The summed E-state index contributed by atoms with van der Waals surface area (Å²) < 4.78 is 5.24. The van der Waals surface area contributed by atoms with Crippen LogP contribution in [0.1, 0.15) is 53.8 Å². The van der Waals surface area contributed by atoms with Crippen LogP contribution < -0.4 is 5.32 Å². The fourth-order valence-electron chi connectivity index (χ4n) is 3.99. The molecule has 1 N–H and O–H groups in total. The molecule has 2 atom stereocenters. The van der Waals surface area contributed by atoms with E-state index in [4.69, 9.17) is 4.42 Å². The molecule has 29 heavy (non-hydrogen) atoms. The zero-order chi connectivity index (χ0) is 20.4. The Morgan fingerprint density at radius 2 is 1.79 bits per heavy atom. The van der Waals surface area contributed by atoms with Gasteiger partial charge in [0.25, 0.3) is 5.91 Å². The van der Waals surface area contributed by atoms with Crippen molar-refractivity contribution < 1.29 is 9.21 Å². The fourth-order valence-corrected chi connectivity index (χ4v) is 3.99. The monoisotopic (exact) mass is 394 g/mol. The predicted molar refractivity (Wildman–Crippen MR) is 114 cm³/mol. The van der Waals surface area contributed by atoms with E-state index in [9.17, 15) is 4.79 Å². The highest BCUT2D eigenvalue weighted by molar-refractivity contribution is 5.91. The summed E-state index contributed by atoms with van der Waals surface area (Å²) in [6.07, 6.45) is 2.68. The van der Waals surface area contributed by atoms with Crippen LogP contribution in [0.5, 0.6) is 0 Å². The van der Waals surface area contributed by atoms with E-state index >= 15 is 0 Å². The summed E-state index contributed by atoms with van der Waals surface area (Å²) in [6.45, 7) is 7.33. The van der Waals surface area contributed by atoms with Crippen LogP contribution in [0.15, 0.2) is 52.1 Å². The van der Waals surface area contributed by atoms with Gasteiger partial charge in [-0.2, -0.15) is 0 Å². The first-order valence-corrected chi connectivity index (χ1v) is 10.5. The van der Waals surface area contributed by atoms with Crippen LogP contribution in [-0.2, 0) is 0 Å². The Kier molecular flexibility index (Phi) is 5.60. The number of aliphatic imine (C=N–C) groups is 1. The van der Waals surface area contributed by atoms with Gasteiger partial charge >= 0.3 is 0 Å². The number of hydrogen-bond acceptors (Lipinski definition) is 3. The van der Waals surface area contributed by atoms with Crippen molar-refractivity contribution in [3.63, 3.8) is 0 Å². The van der Waals surface area contributed by atoms with E-state index < -0.39 is 0 Å². The molecule has 2 heterocycles. The fraction of sp³-hybridized carbons (Fsp3) is 0.478. The molecule has 2 aromatic rings. The summed E-state index contributed by atoms with van der Waals surface area (Å²) in [5.74, 6) is 2.42. The SMILES string of the molecule is CN=C(NC1CC1c1ccc(C(C)C)cc1)N1CCN(C(=O)c2ccco2)CC1. The minimum absolute atomic E-state index is 0.0373. The molecular weight excluding hydrogens is 364 g/mol. The topological polar surface area (TPSA) is 61.1 Å². The zero-order valence-electron chi connectivity index (χ0n) is 17.5. The Labute approximate surface area is 172 Å². The highest BCUT2D eigenvalue weighted by Crippen LogP contribution is 2.41. The van der Waals surface area contributed by atoms with Crippen molar-refractivity contribution in [3.8, 4) is 0 Å². The Balaban J connectivity index is 1.29. The Morgan fingerprint density at radius 3 is 2.38 bits per heavy atom. The number of rotatable bonds is 4. The second-order valence-corrected chi connectivity index (χ2v) is 8.22. The summed E-state index contributed by atoms with van der Waals surface area (Å²) >= 11 is 0. The second-order valence-electron chi connectivity index (χ2n) is 8.22. The second kappa shape index (κ2) is 8.31. The summed E-state index contributed by atoms with van der Waals surface area (Å²) in [7, 11) is 1.83. The van der Waals surface area contributed by atoms with Gasteiger partial charge in [-0.3, -0.25) is 9.79 Å². The van der Waals surface area contributed by atoms with Crippen LogP contribution in [-0.4, -0.2) is 60.9 Å². The molecule has 154 valence electrons. The number of carbonyl (C=O) groups is 1. The maximum Gasteiger partial charge on any atom is 0.289 e. The first-order valence-electron chi connectivity index (χ1n) is 10.5. The third-order valence-electron chi connectivity index (χ3n) is 5.95. The number of hydrogen-bond donors (Lipinski definition) is 1. The summed E-state index contributed by atoms with van der Waals surface area (Å²) in [5, 5.41) is 3.62. The smallest absolute Gasteiger partial charge is 0.289 e. The molecule has 4 rings (SSSR count). The van der Waals surface area contributed by atoms with Crippen molar-refractivity contribution in [1.29, 1.82) is 0 Å². The number of carbonyl (C=O) groups excluding carboxylic acids is 1. The standard InChI is InChI=1S/C23H30N4O2/c1-16(2)17-6-8-18(9-7-17)19-15-20(19)25-23(24-3)27-12-10-26(11-13-27)22(28)21-5-4-14-29-21/h4-9,14,16,19-20H,10-13,15H2,1-3H3,(H,24,25). The van der Waals surface area contributed by atoms with Crippen LogP contribution in [0.25, 0.3) is 0 Å². The van der Waals surface area contributed by atoms with Crippen molar-refractivity contribution in [1.82, 2.24) is 15.1 Å². The summed E-state index contributed by atoms with van der Waals surface area (Å²) in [5.41, 5.74) is 2.79. The Bertz CT molecular complexity index is 850. The molecule has 0 radical (unpaired) electrons. The number of amides is 1. The lowest BCUT2D eigenvalue weighted by Crippen LogP contribution is -2.54. The average Bonchev–Trinajstić information content (AvgIpc) is 3.30.